The number of alkyl halides is 1. The number of rotatable bonds is 6. The molecule has 0 bridgehead atoms. The van der Waals surface area contributed by atoms with E-state index in [0.29, 0.717) is 0 Å². The van der Waals surface area contributed by atoms with E-state index in [1.54, 1.807) is 7.11 Å². The minimum Gasteiger partial charge on any atom is -0.497 e. The van der Waals surface area contributed by atoms with Crippen molar-refractivity contribution in [2.75, 3.05) is 12.4 Å². The molecule has 0 unspecified atom stereocenters. The lowest BCUT2D eigenvalue weighted by Crippen LogP contribution is -1.88. The molecule has 0 atom stereocenters. The first kappa shape index (κ1) is 11.6. The second-order valence-electron chi connectivity index (χ2n) is 3.35. The molecule has 2 heteroatoms. The lowest BCUT2D eigenvalue weighted by atomic mass is 10.1. The number of benzene rings is 1. The number of methoxy groups -OCH3 is 1. The van der Waals surface area contributed by atoms with E-state index >= 15 is 0 Å². The van der Waals surface area contributed by atoms with Crippen molar-refractivity contribution >= 4 is 15.9 Å². The first-order chi connectivity index (χ1) is 6.86. The maximum Gasteiger partial charge on any atom is 0.119 e. The van der Waals surface area contributed by atoms with E-state index in [-0.39, 0.29) is 0 Å². The molecule has 1 aromatic rings. The molecule has 14 heavy (non-hydrogen) atoms. The first-order valence-corrected chi connectivity index (χ1v) is 6.18. The van der Waals surface area contributed by atoms with Gasteiger partial charge in [0, 0.05) is 5.33 Å². The van der Waals surface area contributed by atoms with Gasteiger partial charge in [-0.1, -0.05) is 34.5 Å². The Morgan fingerprint density at radius 1 is 1.21 bits per heavy atom. The molecule has 0 aliphatic heterocycles. The van der Waals surface area contributed by atoms with Crippen molar-refractivity contribution in [2.24, 2.45) is 0 Å². The van der Waals surface area contributed by atoms with Gasteiger partial charge >= 0.3 is 0 Å². The summed E-state index contributed by atoms with van der Waals surface area (Å²) in [5.41, 5.74) is 1.37. The van der Waals surface area contributed by atoms with Crippen LogP contribution in [0.3, 0.4) is 0 Å². The summed E-state index contributed by atoms with van der Waals surface area (Å²) in [7, 11) is 1.71. The summed E-state index contributed by atoms with van der Waals surface area (Å²) in [6, 6.07) is 8.32. The molecule has 78 valence electrons. The molecule has 0 aliphatic carbocycles. The molecule has 0 heterocycles. The van der Waals surface area contributed by atoms with Crippen molar-refractivity contribution in [1.82, 2.24) is 0 Å². The molecule has 1 aromatic carbocycles. The zero-order valence-corrected chi connectivity index (χ0v) is 10.2. The molecular formula is C12H17BrO. The second-order valence-corrected chi connectivity index (χ2v) is 4.14. The van der Waals surface area contributed by atoms with Gasteiger partial charge in [0.15, 0.2) is 0 Å². The molecule has 1 nitrogen and oxygen atoms in total. The van der Waals surface area contributed by atoms with E-state index in [1.807, 2.05) is 6.07 Å². The summed E-state index contributed by atoms with van der Waals surface area (Å²) >= 11 is 3.44. The Labute approximate surface area is 94.6 Å². The predicted molar refractivity (Wildman–Crippen MR) is 64.3 cm³/mol. The third kappa shape index (κ3) is 4.14. The Kier molecular flexibility index (Phi) is 5.69. The molecule has 0 aromatic heterocycles. The van der Waals surface area contributed by atoms with Crippen LogP contribution in [0.25, 0.3) is 0 Å². The molecule has 0 spiro atoms. The SMILES string of the molecule is COc1cccc(CCCCCBr)c1. The smallest absolute Gasteiger partial charge is 0.119 e. The number of aryl methyl sites for hydroxylation is 1. The molecule has 0 fully saturated rings. The molecular weight excluding hydrogens is 240 g/mol. The van der Waals surface area contributed by atoms with Crippen molar-refractivity contribution in [3.63, 3.8) is 0 Å². The number of hydrogen-bond donors (Lipinski definition) is 0. The summed E-state index contributed by atoms with van der Waals surface area (Å²) in [4.78, 5) is 0. The number of unbranched alkanes of at least 4 members (excludes halogenated alkanes) is 2. The van der Waals surface area contributed by atoms with E-state index in [1.165, 1.54) is 24.8 Å². The van der Waals surface area contributed by atoms with E-state index in [0.717, 1.165) is 17.5 Å². The highest BCUT2D eigenvalue weighted by atomic mass is 79.9. The fraction of sp³-hybridized carbons (Fsp3) is 0.500. The fourth-order valence-corrected chi connectivity index (χ4v) is 1.82. The molecule has 0 amide bonds. The zero-order valence-electron chi connectivity index (χ0n) is 8.63. The van der Waals surface area contributed by atoms with Crippen LogP contribution < -0.4 is 4.74 Å². The van der Waals surface area contributed by atoms with Gasteiger partial charge in [-0.25, -0.2) is 0 Å². The van der Waals surface area contributed by atoms with E-state index in [9.17, 15) is 0 Å². The fourth-order valence-electron chi connectivity index (χ4n) is 1.43. The van der Waals surface area contributed by atoms with Crippen LogP contribution >= 0.6 is 15.9 Å². The largest absolute Gasteiger partial charge is 0.497 e. The zero-order chi connectivity index (χ0) is 10.2. The number of ether oxygens (including phenoxy) is 1. The van der Waals surface area contributed by atoms with E-state index in [2.05, 4.69) is 34.1 Å². The minimum absolute atomic E-state index is 0.961. The van der Waals surface area contributed by atoms with E-state index in [4.69, 9.17) is 4.74 Å². The summed E-state index contributed by atoms with van der Waals surface area (Å²) < 4.78 is 5.17. The lowest BCUT2D eigenvalue weighted by Gasteiger charge is -2.03. The van der Waals surface area contributed by atoms with Gasteiger partial charge in [0.05, 0.1) is 7.11 Å². The third-order valence-corrected chi connectivity index (χ3v) is 2.79. The molecule has 0 N–H and O–H groups in total. The Bertz CT molecular complexity index is 260. The second kappa shape index (κ2) is 6.88. The van der Waals surface area contributed by atoms with Gasteiger partial charge < -0.3 is 4.74 Å². The van der Waals surface area contributed by atoms with Gasteiger partial charge in [-0.3, -0.25) is 0 Å². The summed E-state index contributed by atoms with van der Waals surface area (Å²) in [6.45, 7) is 0. The topological polar surface area (TPSA) is 9.23 Å². The maximum absolute atomic E-state index is 5.17. The average Bonchev–Trinajstić information content (AvgIpc) is 2.25. The van der Waals surface area contributed by atoms with Gasteiger partial charge in [0.1, 0.15) is 5.75 Å². The molecule has 0 saturated carbocycles. The molecule has 1 rings (SSSR count). The Morgan fingerprint density at radius 2 is 2.07 bits per heavy atom. The predicted octanol–water partition coefficient (Wildman–Crippen LogP) is 3.80. The van der Waals surface area contributed by atoms with Crippen molar-refractivity contribution in [2.45, 2.75) is 25.7 Å². The molecule has 0 radical (unpaired) electrons. The van der Waals surface area contributed by atoms with Gasteiger partial charge in [0.2, 0.25) is 0 Å². The van der Waals surface area contributed by atoms with Crippen LogP contribution in [0.4, 0.5) is 0 Å². The Morgan fingerprint density at radius 3 is 2.79 bits per heavy atom. The van der Waals surface area contributed by atoms with Gasteiger partial charge in [-0.05, 0) is 37.0 Å². The maximum atomic E-state index is 5.17. The third-order valence-electron chi connectivity index (χ3n) is 2.23. The molecule has 0 saturated heterocycles. The minimum atomic E-state index is 0.961. The van der Waals surface area contributed by atoms with Crippen molar-refractivity contribution in [3.05, 3.63) is 29.8 Å². The summed E-state index contributed by atoms with van der Waals surface area (Å²) in [5, 5.41) is 1.12. The average molecular weight is 257 g/mol. The van der Waals surface area contributed by atoms with Crippen LogP contribution in [-0.2, 0) is 6.42 Å². The standard InChI is InChI=1S/C12H17BrO/c1-14-12-8-5-7-11(10-12)6-3-2-4-9-13/h5,7-8,10H,2-4,6,9H2,1H3. The van der Waals surface area contributed by atoms with Gasteiger partial charge in [0.25, 0.3) is 0 Å². The Balaban J connectivity index is 2.34. The van der Waals surface area contributed by atoms with Crippen LogP contribution in [0.5, 0.6) is 5.75 Å². The van der Waals surface area contributed by atoms with Crippen LogP contribution in [0.1, 0.15) is 24.8 Å². The highest BCUT2D eigenvalue weighted by Crippen LogP contribution is 2.14. The van der Waals surface area contributed by atoms with Crippen molar-refractivity contribution in [1.29, 1.82) is 0 Å². The summed E-state index contributed by atoms with van der Waals surface area (Å²) in [6.07, 6.45) is 4.98. The van der Waals surface area contributed by atoms with Crippen molar-refractivity contribution < 1.29 is 4.74 Å². The number of halogens is 1. The highest BCUT2D eigenvalue weighted by molar-refractivity contribution is 9.09. The van der Waals surface area contributed by atoms with Gasteiger partial charge in [-0.15, -0.1) is 0 Å². The van der Waals surface area contributed by atoms with Crippen LogP contribution in [-0.4, -0.2) is 12.4 Å². The lowest BCUT2D eigenvalue weighted by molar-refractivity contribution is 0.414. The summed E-state index contributed by atoms with van der Waals surface area (Å²) in [5.74, 6) is 0.961. The Hall–Kier alpha value is -0.500. The number of hydrogen-bond acceptors (Lipinski definition) is 1. The van der Waals surface area contributed by atoms with Crippen LogP contribution in [0.15, 0.2) is 24.3 Å². The van der Waals surface area contributed by atoms with Crippen molar-refractivity contribution in [3.8, 4) is 5.75 Å². The first-order valence-electron chi connectivity index (χ1n) is 5.05. The van der Waals surface area contributed by atoms with Gasteiger partial charge in [-0.2, -0.15) is 0 Å². The monoisotopic (exact) mass is 256 g/mol. The normalized spacial score (nSPS) is 10.1. The quantitative estimate of drug-likeness (QED) is 0.556. The van der Waals surface area contributed by atoms with Crippen LogP contribution in [0.2, 0.25) is 0 Å². The van der Waals surface area contributed by atoms with E-state index < -0.39 is 0 Å². The highest BCUT2D eigenvalue weighted by Gasteiger charge is 1.95. The van der Waals surface area contributed by atoms with Crippen LogP contribution in [0, 0.1) is 0 Å². The molecule has 0 aliphatic rings.